The molecule has 0 spiro atoms. The van der Waals surface area contributed by atoms with E-state index in [1.807, 2.05) is 0 Å². The molecule has 0 amide bonds. The van der Waals surface area contributed by atoms with Gasteiger partial charge in [0, 0.05) is 43.5 Å². The predicted molar refractivity (Wildman–Crippen MR) is 82.8 cm³/mol. The molecule has 1 N–H and O–H groups in total. The zero-order valence-electron chi connectivity index (χ0n) is 12.6. The van der Waals surface area contributed by atoms with Gasteiger partial charge < -0.3 is 5.32 Å². The van der Waals surface area contributed by atoms with Gasteiger partial charge in [-0.05, 0) is 19.8 Å². The number of hydrogen-bond acceptors (Lipinski definition) is 4. The van der Waals surface area contributed by atoms with Crippen LogP contribution in [-0.2, 0) is 6.42 Å². The minimum atomic E-state index is 0.639. The fourth-order valence-electron chi connectivity index (χ4n) is 2.71. The van der Waals surface area contributed by atoms with Crippen LogP contribution in [0.5, 0.6) is 0 Å². The van der Waals surface area contributed by atoms with Crippen LogP contribution in [0, 0.1) is 12.8 Å². The average Bonchev–Trinajstić information content (AvgIpc) is 2.82. The van der Waals surface area contributed by atoms with E-state index < -0.39 is 0 Å². The topological polar surface area (TPSA) is 28.2 Å². The van der Waals surface area contributed by atoms with Crippen LogP contribution in [0.2, 0.25) is 0 Å². The monoisotopic (exact) mass is 281 g/mol. The van der Waals surface area contributed by atoms with Crippen LogP contribution in [0.15, 0.2) is 5.38 Å². The van der Waals surface area contributed by atoms with E-state index in [2.05, 4.69) is 48.3 Å². The van der Waals surface area contributed by atoms with E-state index in [1.165, 1.54) is 23.7 Å². The maximum absolute atomic E-state index is 4.57. The number of nitrogens with zero attached hydrogens (tertiary/aromatic N) is 2. The van der Waals surface area contributed by atoms with E-state index in [0.717, 1.165) is 25.4 Å². The van der Waals surface area contributed by atoms with Gasteiger partial charge >= 0.3 is 0 Å². The third-order valence-electron chi connectivity index (χ3n) is 4.38. The normalized spacial score (nSPS) is 26.5. The maximum Gasteiger partial charge on any atom is 0.0897 e. The van der Waals surface area contributed by atoms with Crippen molar-refractivity contribution in [3.8, 4) is 0 Å². The molecule has 0 radical (unpaired) electrons. The predicted octanol–water partition coefficient (Wildman–Crippen LogP) is 2.70. The lowest BCUT2D eigenvalue weighted by molar-refractivity contribution is 0.120. The number of aromatic nitrogens is 1. The molecule has 3 atom stereocenters. The molecule has 3 unspecified atom stereocenters. The average molecular weight is 281 g/mol. The van der Waals surface area contributed by atoms with E-state index in [4.69, 9.17) is 0 Å². The number of aryl methyl sites for hydroxylation is 1. The summed E-state index contributed by atoms with van der Waals surface area (Å²) in [6.45, 7) is 12.5. The molecule has 108 valence electrons. The number of piperazine rings is 1. The van der Waals surface area contributed by atoms with Crippen molar-refractivity contribution in [2.75, 3.05) is 19.6 Å². The lowest BCUT2D eigenvalue weighted by Gasteiger charge is -2.41. The molecule has 0 aliphatic carbocycles. The van der Waals surface area contributed by atoms with E-state index >= 15 is 0 Å². The highest BCUT2D eigenvalue weighted by Crippen LogP contribution is 2.16. The van der Waals surface area contributed by atoms with Gasteiger partial charge in [-0.1, -0.05) is 20.3 Å². The summed E-state index contributed by atoms with van der Waals surface area (Å²) in [6, 6.07) is 1.29. The summed E-state index contributed by atoms with van der Waals surface area (Å²) in [5.74, 6) is 0.761. The molecule has 4 heteroatoms. The van der Waals surface area contributed by atoms with Gasteiger partial charge in [-0.2, -0.15) is 0 Å². The molecule has 1 saturated heterocycles. The first-order valence-corrected chi connectivity index (χ1v) is 8.36. The third-order valence-corrected chi connectivity index (χ3v) is 5.20. The van der Waals surface area contributed by atoms with Gasteiger partial charge in [-0.25, -0.2) is 4.98 Å². The SMILES string of the molecule is CCC(C)C1CN(CCc2csc(C)n2)C(C)CN1. The van der Waals surface area contributed by atoms with Crippen molar-refractivity contribution in [2.45, 2.75) is 52.6 Å². The number of rotatable bonds is 5. The summed E-state index contributed by atoms with van der Waals surface area (Å²) in [6.07, 6.45) is 2.34. The second-order valence-electron chi connectivity index (χ2n) is 5.85. The fourth-order valence-corrected chi connectivity index (χ4v) is 3.35. The number of hydrogen-bond donors (Lipinski definition) is 1. The fraction of sp³-hybridized carbons (Fsp3) is 0.800. The molecular formula is C15H27N3S. The van der Waals surface area contributed by atoms with Crippen LogP contribution in [0.4, 0.5) is 0 Å². The molecule has 1 aromatic heterocycles. The van der Waals surface area contributed by atoms with Crippen LogP contribution < -0.4 is 5.32 Å². The number of nitrogens with one attached hydrogen (secondary N) is 1. The quantitative estimate of drug-likeness (QED) is 0.899. The minimum Gasteiger partial charge on any atom is -0.311 e. The van der Waals surface area contributed by atoms with Gasteiger partial charge in [0.25, 0.3) is 0 Å². The van der Waals surface area contributed by atoms with Crippen molar-refractivity contribution in [3.05, 3.63) is 16.1 Å². The van der Waals surface area contributed by atoms with E-state index in [-0.39, 0.29) is 0 Å². The van der Waals surface area contributed by atoms with Gasteiger partial charge in [0.15, 0.2) is 0 Å². The van der Waals surface area contributed by atoms with E-state index in [1.54, 1.807) is 11.3 Å². The van der Waals surface area contributed by atoms with Crippen LogP contribution in [0.25, 0.3) is 0 Å². The Labute approximate surface area is 121 Å². The van der Waals surface area contributed by atoms with Crippen molar-refractivity contribution in [3.63, 3.8) is 0 Å². The van der Waals surface area contributed by atoms with Gasteiger partial charge in [0.05, 0.1) is 10.7 Å². The van der Waals surface area contributed by atoms with Crippen molar-refractivity contribution in [1.82, 2.24) is 15.2 Å². The Morgan fingerprint density at radius 3 is 3.00 bits per heavy atom. The summed E-state index contributed by atoms with van der Waals surface area (Å²) in [4.78, 5) is 7.19. The van der Waals surface area contributed by atoms with Crippen molar-refractivity contribution >= 4 is 11.3 Å². The largest absolute Gasteiger partial charge is 0.311 e. The van der Waals surface area contributed by atoms with E-state index in [0.29, 0.717) is 12.1 Å². The Hall–Kier alpha value is -0.450. The Bertz CT molecular complexity index is 390. The molecule has 1 aliphatic heterocycles. The van der Waals surface area contributed by atoms with Gasteiger partial charge in [-0.3, -0.25) is 4.90 Å². The van der Waals surface area contributed by atoms with Gasteiger partial charge in [-0.15, -0.1) is 11.3 Å². The van der Waals surface area contributed by atoms with Gasteiger partial charge in [0.2, 0.25) is 0 Å². The first-order chi connectivity index (χ1) is 9.10. The first kappa shape index (κ1) is 14.9. The van der Waals surface area contributed by atoms with Crippen LogP contribution >= 0.6 is 11.3 Å². The molecule has 0 bridgehead atoms. The van der Waals surface area contributed by atoms with Gasteiger partial charge in [0.1, 0.15) is 0 Å². The van der Waals surface area contributed by atoms with Crippen LogP contribution in [0.1, 0.15) is 37.9 Å². The van der Waals surface area contributed by atoms with Crippen molar-refractivity contribution < 1.29 is 0 Å². The summed E-state index contributed by atoms with van der Waals surface area (Å²) in [5.41, 5.74) is 1.26. The molecule has 2 heterocycles. The first-order valence-electron chi connectivity index (χ1n) is 7.48. The molecule has 19 heavy (non-hydrogen) atoms. The highest BCUT2D eigenvalue weighted by Gasteiger charge is 2.27. The second-order valence-corrected chi connectivity index (χ2v) is 6.91. The molecular weight excluding hydrogens is 254 g/mol. The molecule has 2 rings (SSSR count). The standard InChI is InChI=1S/C15H27N3S/c1-5-11(2)15-9-18(12(3)8-16-15)7-6-14-10-19-13(4)17-14/h10-12,15-16H,5-9H2,1-4H3. The molecule has 3 nitrogen and oxygen atoms in total. The summed E-state index contributed by atoms with van der Waals surface area (Å²) in [5, 5.41) is 7.08. The smallest absolute Gasteiger partial charge is 0.0897 e. The Morgan fingerprint density at radius 2 is 2.37 bits per heavy atom. The Morgan fingerprint density at radius 1 is 1.58 bits per heavy atom. The molecule has 1 aliphatic rings. The van der Waals surface area contributed by atoms with E-state index in [9.17, 15) is 0 Å². The second kappa shape index (κ2) is 6.82. The minimum absolute atomic E-state index is 0.639. The Balaban J connectivity index is 1.86. The Kier molecular flexibility index (Phi) is 5.37. The highest BCUT2D eigenvalue weighted by molar-refractivity contribution is 7.09. The lowest BCUT2D eigenvalue weighted by atomic mass is 9.95. The maximum atomic E-state index is 4.57. The molecule has 0 saturated carbocycles. The zero-order chi connectivity index (χ0) is 13.8. The van der Waals surface area contributed by atoms with Crippen molar-refractivity contribution in [1.29, 1.82) is 0 Å². The lowest BCUT2D eigenvalue weighted by Crippen LogP contribution is -2.57. The highest BCUT2D eigenvalue weighted by atomic mass is 32.1. The van der Waals surface area contributed by atoms with Crippen LogP contribution in [-0.4, -0.2) is 41.6 Å². The third kappa shape index (κ3) is 4.01. The molecule has 1 aromatic rings. The zero-order valence-corrected chi connectivity index (χ0v) is 13.5. The van der Waals surface area contributed by atoms with Crippen molar-refractivity contribution in [2.24, 2.45) is 5.92 Å². The molecule has 0 aromatic carbocycles. The molecule has 1 fully saturated rings. The summed E-state index contributed by atoms with van der Waals surface area (Å²) >= 11 is 1.76. The summed E-state index contributed by atoms with van der Waals surface area (Å²) in [7, 11) is 0. The summed E-state index contributed by atoms with van der Waals surface area (Å²) < 4.78 is 0. The van der Waals surface area contributed by atoms with Crippen LogP contribution in [0.3, 0.4) is 0 Å². The number of thiazole rings is 1.